The summed E-state index contributed by atoms with van der Waals surface area (Å²) < 4.78 is 21.1. The Bertz CT molecular complexity index is 1580. The number of benzene rings is 3. The molecule has 2 atom stereocenters. The average Bonchev–Trinajstić information content (AvgIpc) is 3.58. The summed E-state index contributed by atoms with van der Waals surface area (Å²) >= 11 is 1.48. The third-order valence-electron chi connectivity index (χ3n) is 7.41. The lowest BCUT2D eigenvalue weighted by molar-refractivity contribution is -0.155. The van der Waals surface area contributed by atoms with Crippen molar-refractivity contribution in [3.8, 4) is 0 Å². The van der Waals surface area contributed by atoms with Crippen LogP contribution in [0.15, 0.2) is 66.7 Å². The molecule has 3 aromatic carbocycles. The number of nitrogens with zero attached hydrogens (tertiary/aromatic N) is 2. The Kier molecular flexibility index (Phi) is 6.10. The van der Waals surface area contributed by atoms with E-state index in [0.717, 1.165) is 33.9 Å². The van der Waals surface area contributed by atoms with E-state index >= 15 is 0 Å². The minimum Gasteiger partial charge on any atom is -0.454 e. The number of amides is 2. The van der Waals surface area contributed by atoms with E-state index in [9.17, 15) is 18.8 Å². The summed E-state index contributed by atoms with van der Waals surface area (Å²) in [7, 11) is 0. The maximum Gasteiger partial charge on any atom is 0.330 e. The number of aryl methyl sites for hydroxylation is 1. The number of esters is 1. The molecular weight excluding hydrogens is 505 g/mol. The molecule has 7 nitrogen and oxygen atoms in total. The van der Waals surface area contributed by atoms with E-state index in [1.807, 2.05) is 30.3 Å². The Hall–Kier alpha value is -3.85. The molecule has 38 heavy (non-hydrogen) atoms. The van der Waals surface area contributed by atoms with E-state index < -0.39 is 29.4 Å². The SMILES string of the molecule is CCn1c2ccccc2c2cc(NC(=O)COC(=O)[C@H]3CS[C@]4(c5ccc(F)cc5)CCC(=O)N34)ccc21. The number of hydrogen-bond acceptors (Lipinski definition) is 5. The first-order chi connectivity index (χ1) is 18.4. The highest BCUT2D eigenvalue weighted by atomic mass is 32.2. The van der Waals surface area contributed by atoms with Crippen LogP contribution >= 0.6 is 11.8 Å². The van der Waals surface area contributed by atoms with E-state index in [4.69, 9.17) is 4.74 Å². The van der Waals surface area contributed by atoms with Gasteiger partial charge in [0.15, 0.2) is 6.61 Å². The Labute approximate surface area is 222 Å². The maximum atomic E-state index is 13.5. The van der Waals surface area contributed by atoms with Gasteiger partial charge < -0.3 is 19.5 Å². The number of carbonyl (C=O) groups is 3. The predicted molar refractivity (Wildman–Crippen MR) is 145 cm³/mol. The molecule has 0 spiro atoms. The van der Waals surface area contributed by atoms with Crippen molar-refractivity contribution in [3.63, 3.8) is 0 Å². The highest BCUT2D eigenvalue weighted by molar-refractivity contribution is 8.00. The van der Waals surface area contributed by atoms with Crippen LogP contribution in [0.5, 0.6) is 0 Å². The molecule has 0 unspecified atom stereocenters. The van der Waals surface area contributed by atoms with Crippen molar-refractivity contribution < 1.29 is 23.5 Å². The second-order valence-corrected chi connectivity index (χ2v) is 10.8. The minimum atomic E-state index is -0.802. The Balaban J connectivity index is 1.14. The molecule has 0 aliphatic carbocycles. The molecule has 0 saturated carbocycles. The molecule has 4 aromatic rings. The van der Waals surface area contributed by atoms with Crippen molar-refractivity contribution in [2.75, 3.05) is 17.7 Å². The van der Waals surface area contributed by atoms with Crippen molar-refractivity contribution in [2.45, 2.75) is 37.2 Å². The lowest BCUT2D eigenvalue weighted by atomic mass is 10.0. The monoisotopic (exact) mass is 531 g/mol. The number of fused-ring (bicyclic) bond motifs is 4. The van der Waals surface area contributed by atoms with Crippen LogP contribution in [0.25, 0.3) is 21.8 Å². The third-order valence-corrected chi connectivity index (χ3v) is 9.01. The van der Waals surface area contributed by atoms with E-state index in [-0.39, 0.29) is 11.7 Å². The normalized spacial score (nSPS) is 20.7. The van der Waals surface area contributed by atoms with Crippen molar-refractivity contribution in [2.24, 2.45) is 0 Å². The summed E-state index contributed by atoms with van der Waals surface area (Å²) in [6, 6.07) is 19.1. The molecule has 1 N–H and O–H groups in total. The lowest BCUT2D eigenvalue weighted by Gasteiger charge is -2.33. The number of rotatable bonds is 6. The maximum absolute atomic E-state index is 13.5. The molecule has 6 rings (SSSR count). The molecule has 2 saturated heterocycles. The van der Waals surface area contributed by atoms with Crippen molar-refractivity contribution >= 4 is 57.0 Å². The molecule has 2 amide bonds. The van der Waals surface area contributed by atoms with Gasteiger partial charge in [0.25, 0.3) is 5.91 Å². The number of halogens is 1. The van der Waals surface area contributed by atoms with Crippen molar-refractivity contribution in [1.82, 2.24) is 9.47 Å². The van der Waals surface area contributed by atoms with Gasteiger partial charge in [-0.2, -0.15) is 0 Å². The van der Waals surface area contributed by atoms with Crippen LogP contribution in [0.2, 0.25) is 0 Å². The summed E-state index contributed by atoms with van der Waals surface area (Å²) in [5, 5.41) is 4.95. The van der Waals surface area contributed by atoms with Gasteiger partial charge in [-0.15, -0.1) is 11.8 Å². The zero-order valence-electron chi connectivity index (χ0n) is 20.8. The van der Waals surface area contributed by atoms with Gasteiger partial charge in [0.05, 0.1) is 0 Å². The first-order valence-corrected chi connectivity index (χ1v) is 13.6. The van der Waals surface area contributed by atoms with Crippen LogP contribution in [-0.4, -0.2) is 45.7 Å². The second-order valence-electron chi connectivity index (χ2n) is 9.53. The highest BCUT2D eigenvalue weighted by Gasteiger charge is 2.57. The number of ether oxygens (including phenoxy) is 1. The van der Waals surface area contributed by atoms with Gasteiger partial charge in [-0.1, -0.05) is 30.3 Å². The largest absolute Gasteiger partial charge is 0.454 e. The van der Waals surface area contributed by atoms with Gasteiger partial charge in [-0.3, -0.25) is 9.59 Å². The second kappa shape index (κ2) is 9.47. The molecule has 9 heteroatoms. The van der Waals surface area contributed by atoms with Crippen LogP contribution in [0, 0.1) is 5.82 Å². The number of anilines is 1. The molecule has 0 radical (unpaired) electrons. The average molecular weight is 532 g/mol. The summed E-state index contributed by atoms with van der Waals surface area (Å²) in [4.78, 5) is 39.3. The fraction of sp³-hybridized carbons (Fsp3) is 0.276. The van der Waals surface area contributed by atoms with Gasteiger partial charge in [-0.25, -0.2) is 9.18 Å². The standard InChI is InChI=1S/C29H26FN3O4S/c1-2-32-23-6-4-3-5-21(23)22-15-20(11-12-24(22)32)31-26(34)16-37-28(36)25-17-38-29(14-13-27(35)33(25)29)18-7-9-19(30)10-8-18/h3-12,15,25H,2,13-14,16-17H2,1H3,(H,31,34)/t25-,29+/m1/s1. The first-order valence-electron chi connectivity index (χ1n) is 12.6. The van der Waals surface area contributed by atoms with Crippen LogP contribution in [0.1, 0.15) is 25.3 Å². The molecule has 2 fully saturated rings. The third kappa shape index (κ3) is 3.93. The zero-order chi connectivity index (χ0) is 26.4. The first kappa shape index (κ1) is 24.5. The minimum absolute atomic E-state index is 0.148. The quantitative estimate of drug-likeness (QED) is 0.353. The number of hydrogen-bond donors (Lipinski definition) is 1. The lowest BCUT2D eigenvalue weighted by Crippen LogP contribution is -2.47. The fourth-order valence-corrected chi connectivity index (χ4v) is 7.37. The number of thioether (sulfide) groups is 1. The topological polar surface area (TPSA) is 80.6 Å². The number of nitrogens with one attached hydrogen (secondary N) is 1. The van der Waals surface area contributed by atoms with Crippen molar-refractivity contribution in [1.29, 1.82) is 0 Å². The van der Waals surface area contributed by atoms with Crippen LogP contribution in [0.3, 0.4) is 0 Å². The Morgan fingerprint density at radius 3 is 2.63 bits per heavy atom. The molecule has 1 aromatic heterocycles. The fourth-order valence-electron chi connectivity index (χ4n) is 5.73. The Morgan fingerprint density at radius 2 is 1.84 bits per heavy atom. The van der Waals surface area contributed by atoms with Gasteiger partial charge >= 0.3 is 5.97 Å². The number of carbonyl (C=O) groups excluding carboxylic acids is 3. The van der Waals surface area contributed by atoms with Gasteiger partial charge in [0.1, 0.15) is 16.7 Å². The van der Waals surface area contributed by atoms with Gasteiger partial charge in [0.2, 0.25) is 5.91 Å². The highest BCUT2D eigenvalue weighted by Crippen LogP contribution is 2.54. The molecule has 3 heterocycles. The zero-order valence-corrected chi connectivity index (χ0v) is 21.6. The smallest absolute Gasteiger partial charge is 0.330 e. The summed E-state index contributed by atoms with van der Waals surface area (Å²) in [5.74, 6) is -1.23. The summed E-state index contributed by atoms with van der Waals surface area (Å²) in [6.45, 7) is 2.46. The van der Waals surface area contributed by atoms with E-state index in [0.29, 0.717) is 24.3 Å². The molecule has 2 aliphatic heterocycles. The van der Waals surface area contributed by atoms with Crippen LogP contribution in [-0.2, 0) is 30.5 Å². The number of para-hydroxylation sites is 1. The summed E-state index contributed by atoms with van der Waals surface area (Å²) in [6.07, 6.45) is 0.828. The molecule has 2 aliphatic rings. The van der Waals surface area contributed by atoms with E-state index in [1.54, 1.807) is 17.0 Å². The van der Waals surface area contributed by atoms with Crippen molar-refractivity contribution in [3.05, 3.63) is 78.1 Å². The number of aromatic nitrogens is 1. The van der Waals surface area contributed by atoms with Crippen LogP contribution < -0.4 is 5.32 Å². The summed E-state index contributed by atoms with van der Waals surface area (Å²) in [5.41, 5.74) is 3.60. The van der Waals surface area contributed by atoms with Crippen LogP contribution in [0.4, 0.5) is 10.1 Å². The van der Waals surface area contributed by atoms with E-state index in [1.165, 1.54) is 23.9 Å². The van der Waals surface area contributed by atoms with E-state index in [2.05, 4.69) is 28.9 Å². The Morgan fingerprint density at radius 1 is 1.08 bits per heavy atom. The van der Waals surface area contributed by atoms with Gasteiger partial charge in [0, 0.05) is 46.2 Å². The molecule has 194 valence electrons. The predicted octanol–water partition coefficient (Wildman–Crippen LogP) is 5.03. The molecule has 0 bridgehead atoms. The molecular formula is C29H26FN3O4S. The van der Waals surface area contributed by atoms with Gasteiger partial charge in [-0.05, 0) is 55.3 Å².